The first kappa shape index (κ1) is 17.9. The molecule has 1 aromatic heterocycles. The third kappa shape index (κ3) is 4.28. The predicted octanol–water partition coefficient (Wildman–Crippen LogP) is 2.67. The van der Waals surface area contributed by atoms with Crippen LogP contribution in [0.1, 0.15) is 47.0 Å². The molecule has 144 valence electrons. The van der Waals surface area contributed by atoms with E-state index in [2.05, 4.69) is 20.9 Å². The molecule has 2 aromatic rings. The van der Waals surface area contributed by atoms with Crippen molar-refractivity contribution in [2.45, 2.75) is 37.8 Å². The van der Waals surface area contributed by atoms with Crippen LogP contribution in [0, 0.1) is 5.82 Å². The van der Waals surface area contributed by atoms with E-state index < -0.39 is 0 Å². The van der Waals surface area contributed by atoms with Gasteiger partial charge in [0.1, 0.15) is 11.6 Å². The number of amides is 1. The lowest BCUT2D eigenvalue weighted by Crippen LogP contribution is -2.37. The molecule has 2 aliphatic rings. The van der Waals surface area contributed by atoms with Crippen molar-refractivity contribution < 1.29 is 18.5 Å². The molecule has 2 N–H and O–H groups in total. The Morgan fingerprint density at radius 3 is 3.00 bits per heavy atom. The molecular weight excluding hydrogens is 351 g/mol. The van der Waals surface area contributed by atoms with Crippen LogP contribution in [0.4, 0.5) is 10.1 Å². The molecular formula is C19H23FN4O3. The molecule has 1 aliphatic heterocycles. The maximum Gasteiger partial charge on any atom is 0.273 e. The fourth-order valence-electron chi connectivity index (χ4n) is 3.43. The van der Waals surface area contributed by atoms with E-state index in [0.717, 1.165) is 31.6 Å². The second-order valence-electron chi connectivity index (χ2n) is 7.20. The number of halogens is 1. The highest BCUT2D eigenvalue weighted by Crippen LogP contribution is 2.40. The van der Waals surface area contributed by atoms with Crippen molar-refractivity contribution in [2.24, 2.45) is 0 Å². The molecule has 2 fully saturated rings. The average Bonchev–Trinajstić information content (AvgIpc) is 3.21. The molecule has 4 rings (SSSR count). The molecule has 1 saturated carbocycles. The van der Waals surface area contributed by atoms with Crippen molar-refractivity contribution in [1.82, 2.24) is 15.4 Å². The average molecular weight is 374 g/mol. The fraction of sp³-hybridized carbons (Fsp3) is 0.474. The van der Waals surface area contributed by atoms with Gasteiger partial charge in [0.2, 0.25) is 0 Å². The standard InChI is InChI=1S/C19H23FN4O3/c1-26-22-14-4-5-16(20)13(8-14)10-24-7-6-15(11-24)21-19(25)17-9-18(27-23-17)12-2-3-12/h4-5,8-9,12,15,22H,2-3,6-7,10-11H2,1H3,(H,21,25). The molecule has 2 heterocycles. The van der Waals surface area contributed by atoms with Crippen molar-refractivity contribution in [3.63, 3.8) is 0 Å². The molecule has 0 bridgehead atoms. The number of hydrogen-bond acceptors (Lipinski definition) is 6. The van der Waals surface area contributed by atoms with E-state index in [0.29, 0.717) is 36.0 Å². The number of carbonyl (C=O) groups excluding carboxylic acids is 1. The molecule has 1 saturated heterocycles. The third-order valence-electron chi connectivity index (χ3n) is 5.01. The van der Waals surface area contributed by atoms with Crippen LogP contribution < -0.4 is 10.8 Å². The summed E-state index contributed by atoms with van der Waals surface area (Å²) in [5.41, 5.74) is 4.34. The zero-order chi connectivity index (χ0) is 18.8. The minimum Gasteiger partial charge on any atom is -0.360 e. The molecule has 1 amide bonds. The molecule has 27 heavy (non-hydrogen) atoms. The number of carbonyl (C=O) groups is 1. The van der Waals surface area contributed by atoms with Gasteiger partial charge in [-0.25, -0.2) is 4.39 Å². The molecule has 0 spiro atoms. The quantitative estimate of drug-likeness (QED) is 0.726. The summed E-state index contributed by atoms with van der Waals surface area (Å²) < 4.78 is 19.3. The molecule has 1 atom stereocenters. The maximum absolute atomic E-state index is 14.1. The maximum atomic E-state index is 14.1. The number of hydrogen-bond donors (Lipinski definition) is 2. The number of nitrogens with zero attached hydrogens (tertiary/aromatic N) is 2. The normalized spacial score (nSPS) is 20.0. The van der Waals surface area contributed by atoms with Crippen LogP contribution in [0.5, 0.6) is 0 Å². The minimum absolute atomic E-state index is 0.0157. The summed E-state index contributed by atoms with van der Waals surface area (Å²) in [5.74, 6) is 0.766. The molecule has 1 aliphatic carbocycles. The second kappa shape index (κ2) is 7.66. The summed E-state index contributed by atoms with van der Waals surface area (Å²) in [6.45, 7) is 1.94. The number of benzene rings is 1. The van der Waals surface area contributed by atoms with Crippen LogP contribution in [0.15, 0.2) is 28.8 Å². The highest BCUT2D eigenvalue weighted by Gasteiger charge is 2.30. The van der Waals surface area contributed by atoms with Crippen LogP contribution in [0.3, 0.4) is 0 Å². The van der Waals surface area contributed by atoms with Crippen molar-refractivity contribution in [1.29, 1.82) is 0 Å². The van der Waals surface area contributed by atoms with Crippen LogP contribution in [0.25, 0.3) is 0 Å². The molecule has 8 heteroatoms. The van der Waals surface area contributed by atoms with Crippen molar-refractivity contribution in [2.75, 3.05) is 25.7 Å². The second-order valence-corrected chi connectivity index (χ2v) is 7.20. The number of likely N-dealkylation sites (tertiary alicyclic amines) is 1. The Kier molecular flexibility index (Phi) is 5.09. The lowest BCUT2D eigenvalue weighted by Gasteiger charge is -2.17. The summed E-state index contributed by atoms with van der Waals surface area (Å²) in [6, 6.07) is 6.54. The highest BCUT2D eigenvalue weighted by molar-refractivity contribution is 5.92. The van der Waals surface area contributed by atoms with E-state index in [1.807, 2.05) is 0 Å². The van der Waals surface area contributed by atoms with Gasteiger partial charge in [-0.05, 0) is 37.5 Å². The van der Waals surface area contributed by atoms with Gasteiger partial charge in [-0.1, -0.05) is 5.16 Å². The summed E-state index contributed by atoms with van der Waals surface area (Å²) in [4.78, 5) is 19.4. The largest absolute Gasteiger partial charge is 0.360 e. The van der Waals surface area contributed by atoms with E-state index in [9.17, 15) is 9.18 Å². The zero-order valence-electron chi connectivity index (χ0n) is 15.2. The first-order valence-electron chi connectivity index (χ1n) is 9.19. The van der Waals surface area contributed by atoms with Crippen LogP contribution >= 0.6 is 0 Å². The summed E-state index contributed by atoms with van der Waals surface area (Å²) in [7, 11) is 1.51. The van der Waals surface area contributed by atoms with Gasteiger partial charge >= 0.3 is 0 Å². The lowest BCUT2D eigenvalue weighted by atomic mass is 10.2. The van der Waals surface area contributed by atoms with E-state index in [-0.39, 0.29) is 17.8 Å². The zero-order valence-corrected chi connectivity index (χ0v) is 15.2. The molecule has 7 nitrogen and oxygen atoms in total. The Morgan fingerprint density at radius 1 is 1.37 bits per heavy atom. The predicted molar refractivity (Wildman–Crippen MR) is 96.7 cm³/mol. The van der Waals surface area contributed by atoms with Gasteiger partial charge in [0.25, 0.3) is 5.91 Å². The van der Waals surface area contributed by atoms with Gasteiger partial charge in [-0.3, -0.25) is 20.0 Å². The number of nitrogens with one attached hydrogen (secondary N) is 2. The summed E-state index contributed by atoms with van der Waals surface area (Å²) in [5, 5.41) is 6.88. The Bertz CT molecular complexity index is 821. The summed E-state index contributed by atoms with van der Waals surface area (Å²) in [6.07, 6.45) is 3.02. The van der Waals surface area contributed by atoms with E-state index in [1.165, 1.54) is 13.2 Å². The monoisotopic (exact) mass is 374 g/mol. The topological polar surface area (TPSA) is 79.6 Å². The minimum atomic E-state index is -0.251. The molecule has 1 aromatic carbocycles. The highest BCUT2D eigenvalue weighted by atomic mass is 19.1. The van der Waals surface area contributed by atoms with Crippen molar-refractivity contribution >= 4 is 11.6 Å². The Morgan fingerprint density at radius 2 is 2.22 bits per heavy atom. The van der Waals surface area contributed by atoms with Crippen molar-refractivity contribution in [3.05, 3.63) is 47.1 Å². The van der Waals surface area contributed by atoms with Gasteiger partial charge in [0.05, 0.1) is 12.8 Å². The first-order chi connectivity index (χ1) is 13.1. The Balaban J connectivity index is 1.32. The Hall–Kier alpha value is -2.45. The van der Waals surface area contributed by atoms with Crippen LogP contribution in [0.2, 0.25) is 0 Å². The number of anilines is 1. The third-order valence-corrected chi connectivity index (χ3v) is 5.01. The smallest absolute Gasteiger partial charge is 0.273 e. The van der Waals surface area contributed by atoms with E-state index >= 15 is 0 Å². The van der Waals surface area contributed by atoms with Gasteiger partial charge in [-0.15, -0.1) is 0 Å². The summed E-state index contributed by atoms with van der Waals surface area (Å²) >= 11 is 0. The van der Waals surface area contributed by atoms with Gasteiger partial charge in [0, 0.05) is 43.2 Å². The SMILES string of the molecule is CONc1ccc(F)c(CN2CCC(NC(=O)c3cc(C4CC4)on3)C2)c1. The van der Waals surface area contributed by atoms with Gasteiger partial charge < -0.3 is 9.84 Å². The van der Waals surface area contributed by atoms with Gasteiger partial charge in [-0.2, -0.15) is 0 Å². The van der Waals surface area contributed by atoms with E-state index in [4.69, 9.17) is 9.36 Å². The van der Waals surface area contributed by atoms with Crippen LogP contribution in [-0.2, 0) is 11.4 Å². The molecule has 0 radical (unpaired) electrons. The number of aromatic nitrogens is 1. The van der Waals surface area contributed by atoms with Gasteiger partial charge in [0.15, 0.2) is 5.69 Å². The number of rotatable bonds is 7. The van der Waals surface area contributed by atoms with Crippen molar-refractivity contribution in [3.8, 4) is 0 Å². The lowest BCUT2D eigenvalue weighted by molar-refractivity contribution is 0.0928. The first-order valence-corrected chi connectivity index (χ1v) is 9.19. The van der Waals surface area contributed by atoms with E-state index in [1.54, 1.807) is 18.2 Å². The Labute approximate surface area is 156 Å². The molecule has 1 unspecified atom stereocenters. The van der Waals surface area contributed by atoms with Crippen LogP contribution in [-0.4, -0.2) is 42.2 Å². The fourth-order valence-corrected chi connectivity index (χ4v) is 3.43.